The highest BCUT2D eigenvalue weighted by Crippen LogP contribution is 2.33. The van der Waals surface area contributed by atoms with Crippen molar-refractivity contribution in [2.24, 2.45) is 11.8 Å². The van der Waals surface area contributed by atoms with Crippen LogP contribution in [0.2, 0.25) is 0 Å². The fourth-order valence-corrected chi connectivity index (χ4v) is 2.93. The topological polar surface area (TPSA) is 69.2 Å². The number of carbonyl (C=O) groups excluding carboxylic acids is 2. The third-order valence-corrected chi connectivity index (χ3v) is 4.53. The fraction of sp³-hybridized carbons (Fsp3) is 0.444. The van der Waals surface area contributed by atoms with Crippen LogP contribution in [0, 0.1) is 17.7 Å². The summed E-state index contributed by atoms with van der Waals surface area (Å²) in [5.74, 6) is -3.08. The molecule has 1 N–H and O–H groups in total. The van der Waals surface area contributed by atoms with Crippen LogP contribution in [0.3, 0.4) is 0 Å². The van der Waals surface area contributed by atoms with Gasteiger partial charge in [-0.15, -0.1) is 0 Å². The van der Waals surface area contributed by atoms with E-state index in [0.717, 1.165) is 16.7 Å². The molecular weight excluding hydrogens is 297 g/mol. The van der Waals surface area contributed by atoms with E-state index in [-0.39, 0.29) is 11.7 Å². The minimum absolute atomic E-state index is 0.256. The molecule has 0 heterocycles. The van der Waals surface area contributed by atoms with Crippen LogP contribution >= 0.6 is 0 Å². The van der Waals surface area contributed by atoms with Gasteiger partial charge in [-0.1, -0.05) is 23.3 Å². The Labute approximate surface area is 135 Å². The van der Waals surface area contributed by atoms with Crippen molar-refractivity contribution in [3.8, 4) is 0 Å². The molecule has 1 aliphatic carbocycles. The second-order valence-electron chi connectivity index (χ2n) is 6.17. The van der Waals surface area contributed by atoms with Gasteiger partial charge in [0.1, 0.15) is 5.82 Å². The smallest absolute Gasteiger partial charge is 0.224 e. The SMILES string of the molecule is CC1=C(C)C[C@@H](C(=O)NCCc2ccc(F)cc2)[C@H](C(=O)[O-])C1. The van der Waals surface area contributed by atoms with Gasteiger partial charge in [0.25, 0.3) is 0 Å². The Morgan fingerprint density at radius 3 is 2.26 bits per heavy atom. The summed E-state index contributed by atoms with van der Waals surface area (Å²) >= 11 is 0. The second-order valence-corrected chi connectivity index (χ2v) is 6.17. The third kappa shape index (κ3) is 4.41. The Bertz CT molecular complexity index is 622. The summed E-state index contributed by atoms with van der Waals surface area (Å²) < 4.78 is 12.8. The first-order chi connectivity index (χ1) is 10.9. The van der Waals surface area contributed by atoms with Crippen molar-refractivity contribution >= 4 is 11.9 Å². The van der Waals surface area contributed by atoms with E-state index in [1.165, 1.54) is 12.1 Å². The van der Waals surface area contributed by atoms with Crippen molar-refractivity contribution in [3.63, 3.8) is 0 Å². The zero-order valence-electron chi connectivity index (χ0n) is 13.4. The quantitative estimate of drug-likeness (QED) is 0.838. The van der Waals surface area contributed by atoms with Crippen LogP contribution in [-0.4, -0.2) is 18.4 Å². The van der Waals surface area contributed by atoms with Crippen LogP contribution in [0.1, 0.15) is 32.3 Å². The standard InChI is InChI=1S/C18H22FNO3/c1-11-9-15(16(18(22)23)10-12(11)2)17(21)20-8-7-13-3-5-14(19)6-4-13/h3-6,15-16H,7-10H2,1-2H3,(H,20,21)(H,22,23)/p-1/t15-,16-/m1/s1. The summed E-state index contributed by atoms with van der Waals surface area (Å²) in [6.45, 7) is 4.22. The van der Waals surface area contributed by atoms with Crippen LogP contribution in [-0.2, 0) is 16.0 Å². The minimum Gasteiger partial charge on any atom is -0.550 e. The molecule has 124 valence electrons. The van der Waals surface area contributed by atoms with Crippen molar-refractivity contribution in [1.29, 1.82) is 0 Å². The molecule has 2 atom stereocenters. The predicted octanol–water partition coefficient (Wildman–Crippen LogP) is 1.60. The number of hydrogen-bond acceptors (Lipinski definition) is 3. The van der Waals surface area contributed by atoms with E-state index in [9.17, 15) is 19.1 Å². The molecule has 2 rings (SSSR count). The van der Waals surface area contributed by atoms with Gasteiger partial charge in [0, 0.05) is 24.3 Å². The molecule has 1 aromatic carbocycles. The Hall–Kier alpha value is -2.17. The molecule has 5 heteroatoms. The number of carboxylic acid groups (broad SMARTS) is 1. The van der Waals surface area contributed by atoms with Gasteiger partial charge in [-0.3, -0.25) is 4.79 Å². The number of amides is 1. The van der Waals surface area contributed by atoms with E-state index < -0.39 is 17.8 Å². The van der Waals surface area contributed by atoms with Gasteiger partial charge in [0.2, 0.25) is 5.91 Å². The van der Waals surface area contributed by atoms with Crippen molar-refractivity contribution in [2.45, 2.75) is 33.1 Å². The number of aliphatic carboxylic acids is 1. The molecule has 0 fully saturated rings. The highest BCUT2D eigenvalue weighted by atomic mass is 19.1. The van der Waals surface area contributed by atoms with Crippen LogP contribution in [0.5, 0.6) is 0 Å². The lowest BCUT2D eigenvalue weighted by molar-refractivity contribution is -0.313. The van der Waals surface area contributed by atoms with Crippen LogP contribution in [0.15, 0.2) is 35.4 Å². The van der Waals surface area contributed by atoms with Crippen molar-refractivity contribution in [1.82, 2.24) is 5.32 Å². The largest absolute Gasteiger partial charge is 0.550 e. The Kier molecular flexibility index (Phi) is 5.53. The van der Waals surface area contributed by atoms with Gasteiger partial charge in [-0.2, -0.15) is 0 Å². The first kappa shape index (κ1) is 17.2. The molecule has 4 nitrogen and oxygen atoms in total. The van der Waals surface area contributed by atoms with Crippen molar-refractivity contribution in [2.75, 3.05) is 6.54 Å². The molecule has 0 spiro atoms. The average Bonchev–Trinajstić information content (AvgIpc) is 2.51. The maximum atomic E-state index is 12.8. The molecule has 1 amide bonds. The summed E-state index contributed by atoms with van der Waals surface area (Å²) in [6, 6.07) is 6.09. The van der Waals surface area contributed by atoms with E-state index in [1.807, 2.05) is 13.8 Å². The number of nitrogens with one attached hydrogen (secondary N) is 1. The molecule has 0 aromatic heterocycles. The van der Waals surface area contributed by atoms with E-state index in [2.05, 4.69) is 5.32 Å². The number of halogens is 1. The number of benzene rings is 1. The Balaban J connectivity index is 1.93. The first-order valence-corrected chi connectivity index (χ1v) is 7.76. The van der Waals surface area contributed by atoms with Gasteiger partial charge < -0.3 is 15.2 Å². The monoisotopic (exact) mass is 318 g/mol. The maximum Gasteiger partial charge on any atom is 0.224 e. The molecule has 1 aromatic rings. The number of hydrogen-bond donors (Lipinski definition) is 1. The lowest BCUT2D eigenvalue weighted by Gasteiger charge is -2.32. The maximum absolute atomic E-state index is 12.8. The highest BCUT2D eigenvalue weighted by Gasteiger charge is 2.33. The molecule has 0 bridgehead atoms. The summed E-state index contributed by atoms with van der Waals surface area (Å²) in [5.41, 5.74) is 3.01. The number of carboxylic acids is 1. The summed E-state index contributed by atoms with van der Waals surface area (Å²) in [6.07, 6.45) is 1.39. The van der Waals surface area contributed by atoms with Crippen molar-refractivity contribution in [3.05, 3.63) is 46.8 Å². The minimum atomic E-state index is -1.17. The number of carbonyl (C=O) groups is 2. The third-order valence-electron chi connectivity index (χ3n) is 4.53. The summed E-state index contributed by atoms with van der Waals surface area (Å²) in [4.78, 5) is 23.6. The fourth-order valence-electron chi connectivity index (χ4n) is 2.93. The van der Waals surface area contributed by atoms with Gasteiger partial charge in [-0.05, 0) is 50.8 Å². The van der Waals surface area contributed by atoms with Gasteiger partial charge >= 0.3 is 0 Å². The Morgan fingerprint density at radius 2 is 1.70 bits per heavy atom. The van der Waals surface area contributed by atoms with Crippen LogP contribution in [0.25, 0.3) is 0 Å². The zero-order chi connectivity index (χ0) is 17.0. The lowest BCUT2D eigenvalue weighted by atomic mass is 9.76. The van der Waals surface area contributed by atoms with Gasteiger partial charge in [0.15, 0.2) is 0 Å². The first-order valence-electron chi connectivity index (χ1n) is 7.76. The predicted molar refractivity (Wildman–Crippen MR) is 82.7 cm³/mol. The van der Waals surface area contributed by atoms with Gasteiger partial charge in [0.05, 0.1) is 0 Å². The highest BCUT2D eigenvalue weighted by molar-refractivity contribution is 5.85. The number of rotatable bonds is 5. The van der Waals surface area contributed by atoms with Gasteiger partial charge in [-0.25, -0.2) is 4.39 Å². The van der Waals surface area contributed by atoms with E-state index in [4.69, 9.17) is 0 Å². The molecule has 0 saturated carbocycles. The van der Waals surface area contributed by atoms with Crippen LogP contribution < -0.4 is 10.4 Å². The van der Waals surface area contributed by atoms with Crippen molar-refractivity contribution < 1.29 is 19.1 Å². The molecule has 23 heavy (non-hydrogen) atoms. The second kappa shape index (κ2) is 7.40. The number of allylic oxidation sites excluding steroid dienone is 2. The normalized spacial score (nSPS) is 21.2. The molecule has 0 aliphatic heterocycles. The van der Waals surface area contributed by atoms with E-state index in [1.54, 1.807) is 12.1 Å². The molecule has 0 unspecified atom stereocenters. The summed E-state index contributed by atoms with van der Waals surface area (Å²) in [7, 11) is 0. The molecule has 1 aliphatic rings. The average molecular weight is 318 g/mol. The van der Waals surface area contributed by atoms with E-state index in [0.29, 0.717) is 25.8 Å². The van der Waals surface area contributed by atoms with E-state index >= 15 is 0 Å². The Morgan fingerprint density at radius 1 is 1.13 bits per heavy atom. The molecular formula is C18H21FNO3-. The lowest BCUT2D eigenvalue weighted by Crippen LogP contribution is -2.45. The molecule has 0 saturated heterocycles. The summed E-state index contributed by atoms with van der Waals surface area (Å²) in [5, 5.41) is 14.1. The van der Waals surface area contributed by atoms with Crippen LogP contribution in [0.4, 0.5) is 4.39 Å². The molecule has 0 radical (unpaired) electrons. The zero-order valence-corrected chi connectivity index (χ0v) is 13.4.